The van der Waals surface area contributed by atoms with Crippen LogP contribution in [0.1, 0.15) is 39.4 Å². The smallest absolute Gasteiger partial charge is 0.238 e. The number of hydrogen-bond acceptors (Lipinski definition) is 4. The van der Waals surface area contributed by atoms with Gasteiger partial charge in [-0.25, -0.2) is 13.1 Å². The van der Waals surface area contributed by atoms with Gasteiger partial charge in [0.05, 0.1) is 18.6 Å². The van der Waals surface area contributed by atoms with E-state index < -0.39 is 16.1 Å². The summed E-state index contributed by atoms with van der Waals surface area (Å²) in [6, 6.07) is 2.70. The molecule has 0 fully saturated rings. The molecule has 0 spiro atoms. The van der Waals surface area contributed by atoms with Crippen LogP contribution in [0.15, 0.2) is 22.8 Å². The van der Waals surface area contributed by atoms with E-state index in [1.807, 2.05) is 6.92 Å². The van der Waals surface area contributed by atoms with Gasteiger partial charge in [0.1, 0.15) is 11.8 Å². The van der Waals surface area contributed by atoms with Gasteiger partial charge in [0.2, 0.25) is 15.9 Å². The highest BCUT2D eigenvalue weighted by molar-refractivity contribution is 7.89. The first-order chi connectivity index (χ1) is 9.85. The first-order valence-electron chi connectivity index (χ1n) is 7.16. The zero-order chi connectivity index (χ0) is 15.9. The van der Waals surface area contributed by atoms with Crippen molar-refractivity contribution in [2.24, 2.45) is 5.92 Å². The highest BCUT2D eigenvalue weighted by Gasteiger charge is 2.26. The number of unbranched alkanes of at least 4 members (excludes halogenated alkanes) is 1. The molecular weight excluding hydrogens is 292 g/mol. The maximum Gasteiger partial charge on any atom is 0.238 e. The van der Waals surface area contributed by atoms with E-state index in [-0.39, 0.29) is 24.1 Å². The van der Waals surface area contributed by atoms with Gasteiger partial charge in [-0.15, -0.1) is 0 Å². The van der Waals surface area contributed by atoms with Crippen molar-refractivity contribution in [3.05, 3.63) is 24.2 Å². The SMILES string of the molecule is CCCCS(=O)(=O)N[C@H](C(=O)NCc1ccco1)C(C)C. The monoisotopic (exact) mass is 316 g/mol. The molecule has 1 heterocycles. The van der Waals surface area contributed by atoms with Crippen LogP contribution in [0.5, 0.6) is 0 Å². The minimum Gasteiger partial charge on any atom is -0.467 e. The van der Waals surface area contributed by atoms with Crippen LogP contribution in [-0.4, -0.2) is 26.1 Å². The number of rotatable bonds is 9. The summed E-state index contributed by atoms with van der Waals surface area (Å²) >= 11 is 0. The van der Waals surface area contributed by atoms with Gasteiger partial charge in [-0.1, -0.05) is 27.2 Å². The topological polar surface area (TPSA) is 88.4 Å². The lowest BCUT2D eigenvalue weighted by atomic mass is 10.1. The van der Waals surface area contributed by atoms with E-state index in [4.69, 9.17) is 4.42 Å². The van der Waals surface area contributed by atoms with Crippen LogP contribution in [0, 0.1) is 5.92 Å². The zero-order valence-corrected chi connectivity index (χ0v) is 13.6. The van der Waals surface area contributed by atoms with E-state index >= 15 is 0 Å². The molecule has 0 aliphatic rings. The molecule has 1 aromatic heterocycles. The third-order valence-corrected chi connectivity index (χ3v) is 4.48. The number of carbonyl (C=O) groups excluding carboxylic acids is 1. The van der Waals surface area contributed by atoms with Crippen LogP contribution < -0.4 is 10.0 Å². The Bertz CT molecular complexity index is 523. The lowest BCUT2D eigenvalue weighted by molar-refractivity contribution is -0.123. The maximum atomic E-state index is 12.2. The van der Waals surface area contributed by atoms with Crippen molar-refractivity contribution in [1.82, 2.24) is 10.0 Å². The van der Waals surface area contributed by atoms with Gasteiger partial charge in [-0.05, 0) is 24.5 Å². The third-order valence-electron chi connectivity index (χ3n) is 3.04. The van der Waals surface area contributed by atoms with E-state index in [0.29, 0.717) is 12.2 Å². The molecule has 0 aliphatic carbocycles. The molecule has 0 radical (unpaired) electrons. The van der Waals surface area contributed by atoms with Crippen molar-refractivity contribution in [2.45, 2.75) is 46.2 Å². The fourth-order valence-electron chi connectivity index (χ4n) is 1.78. The predicted molar refractivity (Wildman–Crippen MR) is 81.0 cm³/mol. The molecule has 0 saturated carbocycles. The second-order valence-corrected chi connectivity index (χ2v) is 7.18. The lowest BCUT2D eigenvalue weighted by Crippen LogP contribution is -2.49. The van der Waals surface area contributed by atoms with Crippen LogP contribution >= 0.6 is 0 Å². The number of hydrogen-bond donors (Lipinski definition) is 2. The molecule has 1 aromatic rings. The summed E-state index contributed by atoms with van der Waals surface area (Å²) in [6.07, 6.45) is 2.89. The number of carbonyl (C=O) groups is 1. The number of nitrogens with one attached hydrogen (secondary N) is 2. The summed E-state index contributed by atoms with van der Waals surface area (Å²) in [5.74, 6) is 0.178. The number of sulfonamides is 1. The van der Waals surface area contributed by atoms with E-state index in [0.717, 1.165) is 6.42 Å². The fraction of sp³-hybridized carbons (Fsp3) is 0.643. The van der Waals surface area contributed by atoms with Crippen molar-refractivity contribution in [3.63, 3.8) is 0 Å². The van der Waals surface area contributed by atoms with E-state index in [9.17, 15) is 13.2 Å². The molecule has 0 saturated heterocycles. The molecule has 0 aromatic carbocycles. The molecule has 6 nitrogen and oxygen atoms in total. The summed E-state index contributed by atoms with van der Waals surface area (Å²) in [7, 11) is -3.44. The molecule has 1 atom stereocenters. The lowest BCUT2D eigenvalue weighted by Gasteiger charge is -2.21. The molecule has 2 N–H and O–H groups in total. The van der Waals surface area contributed by atoms with Gasteiger partial charge in [-0.2, -0.15) is 0 Å². The van der Waals surface area contributed by atoms with Gasteiger partial charge in [0, 0.05) is 0 Å². The summed E-state index contributed by atoms with van der Waals surface area (Å²) in [4.78, 5) is 12.2. The Kier molecular flexibility index (Phi) is 6.91. The normalized spacial score (nSPS) is 13.3. The van der Waals surface area contributed by atoms with Crippen LogP contribution in [0.25, 0.3) is 0 Å². The molecule has 0 unspecified atom stereocenters. The van der Waals surface area contributed by atoms with Crippen molar-refractivity contribution < 1.29 is 17.6 Å². The van der Waals surface area contributed by atoms with Crippen LogP contribution in [0.4, 0.5) is 0 Å². The largest absolute Gasteiger partial charge is 0.467 e. The first kappa shape index (κ1) is 17.7. The van der Waals surface area contributed by atoms with Crippen molar-refractivity contribution in [3.8, 4) is 0 Å². The molecule has 7 heteroatoms. The average molecular weight is 316 g/mol. The Hall–Kier alpha value is -1.34. The second kappa shape index (κ2) is 8.19. The summed E-state index contributed by atoms with van der Waals surface area (Å²) in [5.41, 5.74) is 0. The minimum atomic E-state index is -3.44. The standard InChI is InChI=1S/C14H24N2O4S/c1-4-5-9-21(18,19)16-13(11(2)3)14(17)15-10-12-7-6-8-20-12/h6-8,11,13,16H,4-5,9-10H2,1-3H3,(H,15,17)/t13-/m0/s1. The van der Waals surface area contributed by atoms with E-state index in [2.05, 4.69) is 10.0 Å². The van der Waals surface area contributed by atoms with Gasteiger partial charge in [0.25, 0.3) is 0 Å². The van der Waals surface area contributed by atoms with Gasteiger partial charge < -0.3 is 9.73 Å². The highest BCUT2D eigenvalue weighted by Crippen LogP contribution is 2.06. The highest BCUT2D eigenvalue weighted by atomic mass is 32.2. The third kappa shape index (κ3) is 6.31. The van der Waals surface area contributed by atoms with Crippen LogP contribution in [0.2, 0.25) is 0 Å². The van der Waals surface area contributed by atoms with Gasteiger partial charge in [0.15, 0.2) is 0 Å². The maximum absolute atomic E-state index is 12.2. The van der Waals surface area contributed by atoms with Gasteiger partial charge >= 0.3 is 0 Å². The quantitative estimate of drug-likeness (QED) is 0.725. The summed E-state index contributed by atoms with van der Waals surface area (Å²) in [5, 5.41) is 2.69. The van der Waals surface area contributed by atoms with E-state index in [1.54, 1.807) is 26.0 Å². The molecule has 1 rings (SSSR count). The Morgan fingerprint density at radius 1 is 1.38 bits per heavy atom. The minimum absolute atomic E-state index is 0.0399. The Balaban J connectivity index is 2.61. The van der Waals surface area contributed by atoms with Crippen molar-refractivity contribution in [1.29, 1.82) is 0 Å². The molecule has 120 valence electrons. The Morgan fingerprint density at radius 2 is 2.10 bits per heavy atom. The van der Waals surface area contributed by atoms with Crippen molar-refractivity contribution >= 4 is 15.9 Å². The first-order valence-corrected chi connectivity index (χ1v) is 8.81. The summed E-state index contributed by atoms with van der Waals surface area (Å²) < 4.78 is 31.5. The molecule has 0 bridgehead atoms. The van der Waals surface area contributed by atoms with E-state index in [1.165, 1.54) is 6.26 Å². The molecular formula is C14H24N2O4S. The second-order valence-electron chi connectivity index (χ2n) is 5.31. The fourth-order valence-corrected chi connectivity index (χ4v) is 3.33. The number of amides is 1. The van der Waals surface area contributed by atoms with Crippen molar-refractivity contribution in [2.75, 3.05) is 5.75 Å². The predicted octanol–water partition coefficient (Wildman–Crippen LogP) is 1.64. The molecule has 21 heavy (non-hydrogen) atoms. The van der Waals surface area contributed by atoms with Crippen LogP contribution in [-0.2, 0) is 21.4 Å². The summed E-state index contributed by atoms with van der Waals surface area (Å²) in [6.45, 7) is 5.77. The molecule has 1 amide bonds. The Morgan fingerprint density at radius 3 is 2.62 bits per heavy atom. The number of furan rings is 1. The Labute approximate surface area is 126 Å². The zero-order valence-electron chi connectivity index (χ0n) is 12.8. The molecule has 0 aliphatic heterocycles. The van der Waals surface area contributed by atoms with Gasteiger partial charge in [-0.3, -0.25) is 4.79 Å². The van der Waals surface area contributed by atoms with Crippen LogP contribution in [0.3, 0.4) is 0 Å². The average Bonchev–Trinajstić information content (AvgIpc) is 2.93.